The van der Waals surface area contributed by atoms with Crippen LogP contribution in [0, 0.1) is 13.8 Å². The number of halogens is 1. The molecule has 2 rings (SSSR count). The standard InChI is InChI=1S/C16H20ClN3O3/c1-10-15(17)11(2)20(19-10)13-6-4-12(5-7-13)16(22)18-8-14(21)9-23-3/h4-7,14,21H,8-9H2,1-3H3,(H,18,22). The third-order valence-electron chi connectivity index (χ3n) is 3.43. The highest BCUT2D eigenvalue weighted by Gasteiger charge is 2.12. The molecule has 2 aromatic rings. The first-order valence-corrected chi connectivity index (χ1v) is 7.59. The lowest BCUT2D eigenvalue weighted by Gasteiger charge is -2.11. The maximum atomic E-state index is 12.0. The normalized spacial score (nSPS) is 12.2. The van der Waals surface area contributed by atoms with E-state index in [1.807, 2.05) is 13.8 Å². The van der Waals surface area contributed by atoms with Crippen molar-refractivity contribution in [2.45, 2.75) is 20.0 Å². The summed E-state index contributed by atoms with van der Waals surface area (Å²) in [5.74, 6) is -0.252. The van der Waals surface area contributed by atoms with Gasteiger partial charge in [-0.25, -0.2) is 4.68 Å². The van der Waals surface area contributed by atoms with Crippen LogP contribution in [-0.2, 0) is 4.74 Å². The molecule has 0 aliphatic carbocycles. The molecule has 0 saturated carbocycles. The van der Waals surface area contributed by atoms with E-state index in [-0.39, 0.29) is 19.1 Å². The van der Waals surface area contributed by atoms with Crippen LogP contribution in [0.1, 0.15) is 21.7 Å². The van der Waals surface area contributed by atoms with Crippen molar-refractivity contribution in [1.82, 2.24) is 15.1 Å². The third-order valence-corrected chi connectivity index (χ3v) is 3.98. The minimum atomic E-state index is -0.722. The van der Waals surface area contributed by atoms with Crippen molar-refractivity contribution in [2.75, 3.05) is 20.3 Å². The number of aliphatic hydroxyl groups is 1. The minimum Gasteiger partial charge on any atom is -0.389 e. The molecule has 1 unspecified atom stereocenters. The SMILES string of the molecule is COCC(O)CNC(=O)c1ccc(-n2nc(C)c(Cl)c2C)cc1. The molecule has 6 nitrogen and oxygen atoms in total. The van der Waals surface area contributed by atoms with E-state index in [1.54, 1.807) is 28.9 Å². The molecule has 1 heterocycles. The van der Waals surface area contributed by atoms with Gasteiger partial charge in [0.15, 0.2) is 0 Å². The molecular weight excluding hydrogens is 318 g/mol. The lowest BCUT2D eigenvalue weighted by molar-refractivity contribution is 0.0610. The van der Waals surface area contributed by atoms with Gasteiger partial charge in [0.25, 0.3) is 5.91 Å². The molecule has 0 fully saturated rings. The summed E-state index contributed by atoms with van der Waals surface area (Å²) in [5.41, 5.74) is 2.95. The lowest BCUT2D eigenvalue weighted by atomic mass is 10.2. The first-order chi connectivity index (χ1) is 10.9. The number of carbonyl (C=O) groups is 1. The number of amides is 1. The molecule has 1 aromatic carbocycles. The topological polar surface area (TPSA) is 76.4 Å². The minimum absolute atomic E-state index is 0.140. The number of carbonyl (C=O) groups excluding carboxylic acids is 1. The van der Waals surface area contributed by atoms with Gasteiger partial charge in [-0.05, 0) is 38.1 Å². The highest BCUT2D eigenvalue weighted by atomic mass is 35.5. The first-order valence-electron chi connectivity index (χ1n) is 7.21. The van der Waals surface area contributed by atoms with Crippen LogP contribution >= 0.6 is 11.6 Å². The fourth-order valence-electron chi connectivity index (χ4n) is 2.19. The second kappa shape index (κ2) is 7.59. The van der Waals surface area contributed by atoms with E-state index < -0.39 is 6.10 Å². The van der Waals surface area contributed by atoms with Crippen LogP contribution in [-0.4, -0.2) is 47.2 Å². The number of hydrogen-bond donors (Lipinski definition) is 2. The molecule has 0 aliphatic rings. The number of ether oxygens (including phenoxy) is 1. The highest BCUT2D eigenvalue weighted by molar-refractivity contribution is 6.31. The molecule has 0 aliphatic heterocycles. The summed E-state index contributed by atoms with van der Waals surface area (Å²) in [6.45, 7) is 4.05. The monoisotopic (exact) mass is 337 g/mol. The van der Waals surface area contributed by atoms with E-state index in [1.165, 1.54) is 7.11 Å². The number of methoxy groups -OCH3 is 1. The molecular formula is C16H20ClN3O3. The van der Waals surface area contributed by atoms with Crippen molar-refractivity contribution in [2.24, 2.45) is 0 Å². The summed E-state index contributed by atoms with van der Waals surface area (Å²) in [6, 6.07) is 7.02. The van der Waals surface area contributed by atoms with Gasteiger partial charge >= 0.3 is 0 Å². The molecule has 23 heavy (non-hydrogen) atoms. The average Bonchev–Trinajstić information content (AvgIpc) is 2.80. The Morgan fingerprint density at radius 1 is 1.39 bits per heavy atom. The summed E-state index contributed by atoms with van der Waals surface area (Å²) in [4.78, 5) is 12.0. The van der Waals surface area contributed by atoms with Crippen LogP contribution in [0.3, 0.4) is 0 Å². The summed E-state index contributed by atoms with van der Waals surface area (Å²) in [5, 5.41) is 17.2. The molecule has 2 N–H and O–H groups in total. The van der Waals surface area contributed by atoms with Crippen LogP contribution in [0.25, 0.3) is 5.69 Å². The van der Waals surface area contributed by atoms with Crippen LogP contribution in [0.2, 0.25) is 5.02 Å². The van der Waals surface area contributed by atoms with Gasteiger partial charge in [0, 0.05) is 19.2 Å². The van der Waals surface area contributed by atoms with E-state index in [0.717, 1.165) is 17.1 Å². The van der Waals surface area contributed by atoms with Gasteiger partial charge in [-0.1, -0.05) is 11.6 Å². The van der Waals surface area contributed by atoms with E-state index in [9.17, 15) is 9.90 Å². The lowest BCUT2D eigenvalue weighted by Crippen LogP contribution is -2.34. The number of rotatable bonds is 6. The quantitative estimate of drug-likeness (QED) is 0.843. The predicted octanol–water partition coefficient (Wildman–Crippen LogP) is 1.88. The van der Waals surface area contributed by atoms with Crippen LogP contribution < -0.4 is 5.32 Å². The Morgan fingerprint density at radius 2 is 2.04 bits per heavy atom. The Labute approximate surface area is 140 Å². The van der Waals surface area contributed by atoms with Crippen molar-refractivity contribution in [1.29, 1.82) is 0 Å². The van der Waals surface area contributed by atoms with E-state index >= 15 is 0 Å². The van der Waals surface area contributed by atoms with Gasteiger partial charge in [0.1, 0.15) is 0 Å². The van der Waals surface area contributed by atoms with Crippen LogP contribution in [0.15, 0.2) is 24.3 Å². The van der Waals surface area contributed by atoms with Crippen LogP contribution in [0.4, 0.5) is 0 Å². The molecule has 0 bridgehead atoms. The fraction of sp³-hybridized carbons (Fsp3) is 0.375. The third kappa shape index (κ3) is 4.10. The molecule has 0 saturated heterocycles. The van der Waals surface area contributed by atoms with Gasteiger partial charge in [-0.15, -0.1) is 0 Å². The largest absolute Gasteiger partial charge is 0.389 e. The Balaban J connectivity index is 2.07. The number of aliphatic hydroxyl groups excluding tert-OH is 1. The number of aryl methyl sites for hydroxylation is 1. The molecule has 7 heteroatoms. The van der Waals surface area contributed by atoms with Crippen molar-refractivity contribution in [3.05, 3.63) is 46.2 Å². The van der Waals surface area contributed by atoms with Crippen molar-refractivity contribution in [3.8, 4) is 5.69 Å². The summed E-state index contributed by atoms with van der Waals surface area (Å²) >= 11 is 6.15. The zero-order chi connectivity index (χ0) is 17.0. The van der Waals surface area contributed by atoms with Crippen molar-refractivity contribution >= 4 is 17.5 Å². The van der Waals surface area contributed by atoms with Gasteiger partial charge in [0.05, 0.1) is 34.8 Å². The average molecular weight is 338 g/mol. The maximum absolute atomic E-state index is 12.0. The maximum Gasteiger partial charge on any atom is 0.251 e. The van der Waals surface area contributed by atoms with E-state index in [0.29, 0.717) is 10.6 Å². The molecule has 1 amide bonds. The molecule has 1 aromatic heterocycles. The second-order valence-electron chi connectivity index (χ2n) is 5.26. The molecule has 0 spiro atoms. The smallest absolute Gasteiger partial charge is 0.251 e. The number of hydrogen-bond acceptors (Lipinski definition) is 4. The fourth-order valence-corrected chi connectivity index (χ4v) is 2.31. The summed E-state index contributed by atoms with van der Waals surface area (Å²) in [7, 11) is 1.50. The van der Waals surface area contributed by atoms with E-state index in [4.69, 9.17) is 16.3 Å². The van der Waals surface area contributed by atoms with Crippen molar-refractivity contribution in [3.63, 3.8) is 0 Å². The zero-order valence-corrected chi connectivity index (χ0v) is 14.1. The van der Waals surface area contributed by atoms with Gasteiger partial charge in [-0.2, -0.15) is 5.10 Å². The number of benzene rings is 1. The highest BCUT2D eigenvalue weighted by Crippen LogP contribution is 2.22. The number of aromatic nitrogens is 2. The van der Waals surface area contributed by atoms with Gasteiger partial charge in [-0.3, -0.25) is 4.79 Å². The molecule has 0 radical (unpaired) electrons. The molecule has 124 valence electrons. The summed E-state index contributed by atoms with van der Waals surface area (Å²) < 4.78 is 6.55. The van der Waals surface area contributed by atoms with Crippen LogP contribution in [0.5, 0.6) is 0 Å². The van der Waals surface area contributed by atoms with Gasteiger partial charge < -0.3 is 15.2 Å². The molecule has 1 atom stereocenters. The Hall–Kier alpha value is -1.89. The Kier molecular flexibility index (Phi) is 5.76. The zero-order valence-electron chi connectivity index (χ0n) is 13.3. The number of nitrogens with one attached hydrogen (secondary N) is 1. The van der Waals surface area contributed by atoms with E-state index in [2.05, 4.69) is 10.4 Å². The van der Waals surface area contributed by atoms with Crippen molar-refractivity contribution < 1.29 is 14.6 Å². The Bertz CT molecular complexity index is 683. The number of nitrogens with zero attached hydrogens (tertiary/aromatic N) is 2. The summed E-state index contributed by atoms with van der Waals surface area (Å²) in [6.07, 6.45) is -0.722. The Morgan fingerprint density at radius 3 is 2.57 bits per heavy atom. The van der Waals surface area contributed by atoms with Gasteiger partial charge in [0.2, 0.25) is 0 Å². The first kappa shape index (κ1) is 17.5. The second-order valence-corrected chi connectivity index (χ2v) is 5.64. The predicted molar refractivity (Wildman–Crippen MR) is 88.3 cm³/mol.